The number of ether oxygens (including phenoxy) is 1. The van der Waals surface area contributed by atoms with Crippen LogP contribution in [0.2, 0.25) is 5.02 Å². The minimum absolute atomic E-state index is 0.215. The van der Waals surface area contributed by atoms with Crippen molar-refractivity contribution in [2.24, 2.45) is 11.8 Å². The summed E-state index contributed by atoms with van der Waals surface area (Å²) in [6.45, 7) is 6.99. The lowest BCUT2D eigenvalue weighted by atomic mass is 10.1. The van der Waals surface area contributed by atoms with E-state index in [0.29, 0.717) is 41.3 Å². The molecule has 0 bridgehead atoms. The Balaban J connectivity index is 1.90. The number of carbonyl (C=O) groups is 2. The van der Waals surface area contributed by atoms with E-state index in [-0.39, 0.29) is 11.8 Å². The van der Waals surface area contributed by atoms with Crippen molar-refractivity contribution in [3.8, 4) is 0 Å². The molecule has 0 heterocycles. The molecule has 24 heavy (non-hydrogen) atoms. The summed E-state index contributed by atoms with van der Waals surface area (Å²) < 4.78 is 5.54. The molecule has 1 fully saturated rings. The van der Waals surface area contributed by atoms with E-state index in [1.807, 2.05) is 13.8 Å². The molecule has 0 saturated heterocycles. The quantitative estimate of drug-likeness (QED) is 0.752. The zero-order valence-corrected chi connectivity index (χ0v) is 15.2. The standard InChI is InChI=1S/C18H25ClN2O3/c1-11(2)9-20-18(23)15-7-6-14(8-16(15)19)21-17(22)12(3)24-10-13-4-5-13/h6-8,11-13H,4-5,9-10H2,1-3H3,(H,20,23)(H,21,22). The Morgan fingerprint density at radius 2 is 2.00 bits per heavy atom. The van der Waals surface area contributed by atoms with Gasteiger partial charge in [-0.25, -0.2) is 0 Å². The summed E-state index contributed by atoms with van der Waals surface area (Å²) in [6.07, 6.45) is 1.85. The van der Waals surface area contributed by atoms with E-state index in [1.54, 1.807) is 25.1 Å². The average Bonchev–Trinajstić information content (AvgIpc) is 3.34. The van der Waals surface area contributed by atoms with Crippen molar-refractivity contribution in [3.05, 3.63) is 28.8 Å². The van der Waals surface area contributed by atoms with Crippen LogP contribution in [-0.4, -0.2) is 31.1 Å². The number of carbonyl (C=O) groups excluding carboxylic acids is 2. The predicted molar refractivity (Wildman–Crippen MR) is 95.4 cm³/mol. The molecule has 0 aliphatic heterocycles. The highest BCUT2D eigenvalue weighted by Gasteiger charge is 2.24. The highest BCUT2D eigenvalue weighted by molar-refractivity contribution is 6.34. The molecule has 1 aromatic rings. The van der Waals surface area contributed by atoms with Gasteiger partial charge in [-0.3, -0.25) is 9.59 Å². The van der Waals surface area contributed by atoms with Crippen LogP contribution in [-0.2, 0) is 9.53 Å². The summed E-state index contributed by atoms with van der Waals surface area (Å²) in [5.41, 5.74) is 0.945. The minimum atomic E-state index is -0.515. The zero-order valence-electron chi connectivity index (χ0n) is 14.4. The van der Waals surface area contributed by atoms with Gasteiger partial charge >= 0.3 is 0 Å². The third-order valence-corrected chi connectivity index (χ3v) is 4.11. The van der Waals surface area contributed by atoms with Crippen LogP contribution < -0.4 is 10.6 Å². The van der Waals surface area contributed by atoms with Gasteiger partial charge in [-0.2, -0.15) is 0 Å². The molecule has 1 atom stereocenters. The molecule has 0 radical (unpaired) electrons. The highest BCUT2D eigenvalue weighted by Crippen LogP contribution is 2.29. The summed E-state index contributed by atoms with van der Waals surface area (Å²) in [5.74, 6) is 0.540. The predicted octanol–water partition coefficient (Wildman–Crippen LogP) is 3.48. The Morgan fingerprint density at radius 3 is 2.58 bits per heavy atom. The first-order valence-corrected chi connectivity index (χ1v) is 8.74. The minimum Gasteiger partial charge on any atom is -0.368 e. The van der Waals surface area contributed by atoms with Crippen molar-refractivity contribution in [3.63, 3.8) is 0 Å². The van der Waals surface area contributed by atoms with Gasteiger partial charge in [-0.1, -0.05) is 25.4 Å². The van der Waals surface area contributed by atoms with Gasteiger partial charge < -0.3 is 15.4 Å². The molecule has 132 valence electrons. The van der Waals surface area contributed by atoms with Gasteiger partial charge in [-0.05, 0) is 49.8 Å². The summed E-state index contributed by atoms with van der Waals surface area (Å²) >= 11 is 6.17. The van der Waals surface area contributed by atoms with E-state index in [9.17, 15) is 9.59 Å². The van der Waals surface area contributed by atoms with Crippen LogP contribution in [0.4, 0.5) is 5.69 Å². The Hall–Kier alpha value is -1.59. The number of anilines is 1. The van der Waals surface area contributed by atoms with Crippen LogP contribution in [0.25, 0.3) is 0 Å². The fraction of sp³-hybridized carbons (Fsp3) is 0.556. The van der Waals surface area contributed by atoms with Gasteiger partial charge in [0.25, 0.3) is 11.8 Å². The first-order chi connectivity index (χ1) is 11.4. The number of amides is 2. The van der Waals surface area contributed by atoms with Crippen LogP contribution in [0.15, 0.2) is 18.2 Å². The summed E-state index contributed by atoms with van der Waals surface area (Å²) in [4.78, 5) is 24.2. The van der Waals surface area contributed by atoms with Crippen molar-refractivity contribution in [2.45, 2.75) is 39.7 Å². The molecule has 1 aliphatic carbocycles. The molecule has 1 unspecified atom stereocenters. The second kappa shape index (κ2) is 8.49. The monoisotopic (exact) mass is 352 g/mol. The van der Waals surface area contributed by atoms with Gasteiger partial charge in [0.05, 0.1) is 17.2 Å². The first-order valence-electron chi connectivity index (χ1n) is 8.37. The molecule has 2 amide bonds. The molecule has 1 aromatic carbocycles. The summed E-state index contributed by atoms with van der Waals surface area (Å²) in [6, 6.07) is 4.86. The van der Waals surface area contributed by atoms with Gasteiger partial charge in [0.15, 0.2) is 0 Å². The third-order valence-electron chi connectivity index (χ3n) is 3.80. The maximum absolute atomic E-state index is 12.1. The fourth-order valence-electron chi connectivity index (χ4n) is 2.05. The molecule has 2 rings (SSSR count). The summed E-state index contributed by atoms with van der Waals surface area (Å²) in [5, 5.41) is 5.89. The normalized spacial score (nSPS) is 15.2. The van der Waals surface area contributed by atoms with Crippen LogP contribution in [0, 0.1) is 11.8 Å². The van der Waals surface area contributed by atoms with Crippen molar-refractivity contribution in [2.75, 3.05) is 18.5 Å². The van der Waals surface area contributed by atoms with Gasteiger partial charge in [0.1, 0.15) is 6.10 Å². The number of benzene rings is 1. The number of nitrogens with one attached hydrogen (secondary N) is 2. The maximum atomic E-state index is 12.1. The van der Waals surface area contributed by atoms with E-state index in [2.05, 4.69) is 10.6 Å². The number of hydrogen-bond donors (Lipinski definition) is 2. The Morgan fingerprint density at radius 1 is 1.29 bits per heavy atom. The fourth-order valence-corrected chi connectivity index (χ4v) is 2.32. The van der Waals surface area contributed by atoms with E-state index in [4.69, 9.17) is 16.3 Å². The molecule has 5 nitrogen and oxygen atoms in total. The number of hydrogen-bond acceptors (Lipinski definition) is 3. The Bertz CT molecular complexity index is 600. The number of halogens is 1. The van der Waals surface area contributed by atoms with Gasteiger partial charge in [0.2, 0.25) is 0 Å². The largest absolute Gasteiger partial charge is 0.368 e. The molecule has 1 aliphatic rings. The zero-order chi connectivity index (χ0) is 17.7. The van der Waals surface area contributed by atoms with Gasteiger partial charge in [0, 0.05) is 12.2 Å². The number of rotatable bonds is 8. The van der Waals surface area contributed by atoms with Crippen molar-refractivity contribution in [1.82, 2.24) is 5.32 Å². The molecule has 1 saturated carbocycles. The van der Waals surface area contributed by atoms with Crippen molar-refractivity contribution >= 4 is 29.1 Å². The molecule has 2 N–H and O–H groups in total. The lowest BCUT2D eigenvalue weighted by molar-refractivity contribution is -0.126. The Kier molecular flexibility index (Phi) is 6.63. The molecule has 0 spiro atoms. The summed E-state index contributed by atoms with van der Waals surface area (Å²) in [7, 11) is 0. The lowest BCUT2D eigenvalue weighted by Crippen LogP contribution is -2.29. The molecule has 0 aromatic heterocycles. The van der Waals surface area contributed by atoms with Crippen LogP contribution in [0.1, 0.15) is 44.0 Å². The highest BCUT2D eigenvalue weighted by atomic mass is 35.5. The lowest BCUT2D eigenvalue weighted by Gasteiger charge is -2.14. The van der Waals surface area contributed by atoms with Crippen LogP contribution >= 0.6 is 11.6 Å². The third kappa shape index (κ3) is 5.80. The SMILES string of the molecule is CC(C)CNC(=O)c1ccc(NC(=O)C(C)OCC2CC2)cc1Cl. The topological polar surface area (TPSA) is 67.4 Å². The molecule has 6 heteroatoms. The second-order valence-corrected chi connectivity index (χ2v) is 7.11. The maximum Gasteiger partial charge on any atom is 0.253 e. The van der Waals surface area contributed by atoms with Crippen molar-refractivity contribution < 1.29 is 14.3 Å². The van der Waals surface area contributed by atoms with E-state index >= 15 is 0 Å². The van der Waals surface area contributed by atoms with E-state index in [1.165, 1.54) is 12.8 Å². The van der Waals surface area contributed by atoms with Crippen LogP contribution in [0.5, 0.6) is 0 Å². The Labute approximate surface area is 148 Å². The smallest absolute Gasteiger partial charge is 0.253 e. The van der Waals surface area contributed by atoms with E-state index in [0.717, 1.165) is 0 Å². The second-order valence-electron chi connectivity index (χ2n) is 6.71. The van der Waals surface area contributed by atoms with E-state index < -0.39 is 6.10 Å². The molecular weight excluding hydrogens is 328 g/mol. The molecular formula is C18H25ClN2O3. The van der Waals surface area contributed by atoms with Crippen molar-refractivity contribution in [1.29, 1.82) is 0 Å². The average molecular weight is 353 g/mol. The van der Waals surface area contributed by atoms with Crippen LogP contribution in [0.3, 0.4) is 0 Å². The van der Waals surface area contributed by atoms with Gasteiger partial charge in [-0.15, -0.1) is 0 Å². The first kappa shape index (κ1) is 18.7.